The number of fused-ring (bicyclic) bond motifs is 1. The van der Waals surface area contributed by atoms with Gasteiger partial charge in [0.25, 0.3) is 0 Å². The van der Waals surface area contributed by atoms with E-state index in [0.717, 1.165) is 29.2 Å². The summed E-state index contributed by atoms with van der Waals surface area (Å²) in [4.78, 5) is 16.2. The monoisotopic (exact) mass is 295 g/mol. The van der Waals surface area contributed by atoms with E-state index >= 15 is 0 Å². The molecule has 7 heteroatoms. The minimum absolute atomic E-state index is 0.0603. The molecule has 0 aliphatic carbocycles. The molecule has 20 heavy (non-hydrogen) atoms. The molecule has 1 amide bonds. The van der Waals surface area contributed by atoms with E-state index in [1.165, 1.54) is 0 Å². The van der Waals surface area contributed by atoms with Crippen molar-refractivity contribution in [1.82, 2.24) is 24.6 Å². The molecule has 3 heterocycles. The average Bonchev–Trinajstić information content (AvgIpc) is 3.04. The van der Waals surface area contributed by atoms with E-state index in [9.17, 15) is 4.79 Å². The maximum Gasteiger partial charge on any atom is 0.222 e. The van der Waals surface area contributed by atoms with Crippen LogP contribution in [0.4, 0.5) is 0 Å². The molecule has 0 radical (unpaired) electrons. The van der Waals surface area contributed by atoms with Gasteiger partial charge in [-0.25, -0.2) is 9.67 Å². The van der Waals surface area contributed by atoms with E-state index in [2.05, 4.69) is 20.0 Å². The highest BCUT2D eigenvalue weighted by Gasteiger charge is 2.30. The molecular weight excluding hydrogens is 278 g/mol. The van der Waals surface area contributed by atoms with Crippen molar-refractivity contribution in [1.29, 1.82) is 0 Å². The van der Waals surface area contributed by atoms with Crippen LogP contribution in [0.2, 0.25) is 0 Å². The zero-order valence-corrected chi connectivity index (χ0v) is 12.6. The fourth-order valence-electron chi connectivity index (χ4n) is 2.84. The number of carbonyl (C=O) groups excluding carboxylic acids is 1. The van der Waals surface area contributed by atoms with Gasteiger partial charge in [-0.15, -0.1) is 11.6 Å². The number of nitrogens with zero attached hydrogens (tertiary/aromatic N) is 4. The van der Waals surface area contributed by atoms with Gasteiger partial charge < -0.3 is 9.88 Å². The summed E-state index contributed by atoms with van der Waals surface area (Å²) in [5.41, 5.74) is 2.75. The van der Waals surface area contributed by atoms with Gasteiger partial charge in [0.2, 0.25) is 5.91 Å². The third-order valence-corrected chi connectivity index (χ3v) is 3.94. The topological polar surface area (TPSA) is 64.7 Å². The Bertz CT molecular complexity index is 672. The van der Waals surface area contributed by atoms with Crippen LogP contribution in [0.5, 0.6) is 0 Å². The molecular formula is C13H18ClN5O. The molecule has 2 unspecified atom stereocenters. The second kappa shape index (κ2) is 4.77. The summed E-state index contributed by atoms with van der Waals surface area (Å²) < 4.78 is 4.03. The van der Waals surface area contributed by atoms with Crippen molar-refractivity contribution in [2.24, 2.45) is 0 Å². The first-order valence-corrected chi connectivity index (χ1v) is 7.32. The number of carbonyl (C=O) groups is 1. The molecule has 0 aromatic carbocycles. The molecule has 0 saturated carbocycles. The Kier molecular flexibility index (Phi) is 3.20. The molecule has 2 aromatic heterocycles. The lowest BCUT2D eigenvalue weighted by Gasteiger charge is -2.16. The Morgan fingerprint density at radius 3 is 2.85 bits per heavy atom. The van der Waals surface area contributed by atoms with Crippen LogP contribution < -0.4 is 5.32 Å². The molecule has 2 aromatic rings. The number of aromatic nitrogens is 4. The van der Waals surface area contributed by atoms with Gasteiger partial charge in [0.1, 0.15) is 11.3 Å². The largest absolute Gasteiger partial charge is 0.354 e. The highest BCUT2D eigenvalue weighted by atomic mass is 35.5. The van der Waals surface area contributed by atoms with Gasteiger partial charge in [0.05, 0.1) is 17.1 Å². The van der Waals surface area contributed by atoms with Crippen LogP contribution in [-0.4, -0.2) is 31.8 Å². The highest BCUT2D eigenvalue weighted by molar-refractivity contribution is 6.20. The van der Waals surface area contributed by atoms with Crippen molar-refractivity contribution in [3.05, 3.63) is 11.5 Å². The molecule has 1 saturated heterocycles. The molecule has 0 bridgehead atoms. The number of alkyl halides is 1. The van der Waals surface area contributed by atoms with Crippen molar-refractivity contribution in [3.8, 4) is 0 Å². The molecule has 0 spiro atoms. The first-order chi connectivity index (χ1) is 9.52. The Morgan fingerprint density at radius 1 is 1.55 bits per heavy atom. The Labute approximate surface area is 122 Å². The third kappa shape index (κ3) is 1.90. The SMILES string of the molecule is CCn1nc(C)c2nc(C(C)Cl)n(C3CNC(=O)C3)c21. The minimum atomic E-state index is -0.206. The van der Waals surface area contributed by atoms with Crippen molar-refractivity contribution in [3.63, 3.8) is 0 Å². The Balaban J connectivity index is 2.25. The smallest absolute Gasteiger partial charge is 0.222 e. The van der Waals surface area contributed by atoms with Gasteiger partial charge >= 0.3 is 0 Å². The summed E-state index contributed by atoms with van der Waals surface area (Å²) in [7, 11) is 0. The van der Waals surface area contributed by atoms with E-state index in [1.807, 2.05) is 25.5 Å². The van der Waals surface area contributed by atoms with E-state index in [-0.39, 0.29) is 17.3 Å². The highest BCUT2D eigenvalue weighted by Crippen LogP contribution is 2.31. The van der Waals surface area contributed by atoms with Crippen LogP contribution in [0, 0.1) is 6.92 Å². The predicted octanol–water partition coefficient (Wildman–Crippen LogP) is 1.92. The molecule has 3 rings (SSSR count). The first kappa shape index (κ1) is 13.4. The quantitative estimate of drug-likeness (QED) is 0.880. The van der Waals surface area contributed by atoms with E-state index in [1.54, 1.807) is 0 Å². The number of hydrogen-bond acceptors (Lipinski definition) is 3. The molecule has 1 aliphatic rings. The van der Waals surface area contributed by atoms with Crippen LogP contribution in [0.3, 0.4) is 0 Å². The lowest BCUT2D eigenvalue weighted by molar-refractivity contribution is -0.119. The van der Waals surface area contributed by atoms with Crippen molar-refractivity contribution < 1.29 is 4.79 Å². The van der Waals surface area contributed by atoms with E-state index in [4.69, 9.17) is 11.6 Å². The lowest BCUT2D eigenvalue weighted by Crippen LogP contribution is -2.18. The summed E-state index contributed by atoms with van der Waals surface area (Å²) >= 11 is 6.28. The number of amides is 1. The van der Waals surface area contributed by atoms with Gasteiger partial charge in [-0.05, 0) is 20.8 Å². The summed E-state index contributed by atoms with van der Waals surface area (Å²) in [6.45, 7) is 7.29. The van der Waals surface area contributed by atoms with Crippen LogP contribution in [0.1, 0.15) is 43.2 Å². The maximum absolute atomic E-state index is 11.5. The summed E-state index contributed by atoms with van der Waals surface area (Å²) in [6.07, 6.45) is 0.468. The number of aryl methyl sites for hydroxylation is 2. The van der Waals surface area contributed by atoms with Gasteiger partial charge in [-0.3, -0.25) is 4.79 Å². The second-order valence-corrected chi connectivity index (χ2v) is 5.85. The molecule has 2 atom stereocenters. The second-order valence-electron chi connectivity index (χ2n) is 5.19. The number of halogens is 1. The summed E-state index contributed by atoms with van der Waals surface area (Å²) in [5, 5.41) is 7.17. The lowest BCUT2D eigenvalue weighted by atomic mass is 10.2. The van der Waals surface area contributed by atoms with Crippen molar-refractivity contribution in [2.75, 3.05) is 6.54 Å². The van der Waals surface area contributed by atoms with Crippen LogP contribution in [0.25, 0.3) is 11.2 Å². The minimum Gasteiger partial charge on any atom is -0.354 e. The normalized spacial score (nSPS) is 20.6. The molecule has 1 aliphatic heterocycles. The van der Waals surface area contributed by atoms with Crippen LogP contribution >= 0.6 is 11.6 Å². The molecule has 1 fully saturated rings. The number of nitrogens with one attached hydrogen (secondary N) is 1. The van der Waals surface area contributed by atoms with Gasteiger partial charge in [0, 0.05) is 19.5 Å². The molecule has 1 N–H and O–H groups in total. The number of hydrogen-bond donors (Lipinski definition) is 1. The number of rotatable bonds is 3. The Hall–Kier alpha value is -1.56. The van der Waals surface area contributed by atoms with Gasteiger partial charge in [-0.1, -0.05) is 0 Å². The number of imidazole rings is 1. The zero-order valence-electron chi connectivity index (χ0n) is 11.9. The Morgan fingerprint density at radius 2 is 2.30 bits per heavy atom. The van der Waals surface area contributed by atoms with Gasteiger partial charge in [-0.2, -0.15) is 5.10 Å². The van der Waals surface area contributed by atoms with Crippen molar-refractivity contribution >= 4 is 28.7 Å². The fraction of sp³-hybridized carbons (Fsp3) is 0.615. The summed E-state index contributed by atoms with van der Waals surface area (Å²) in [5.74, 6) is 0.884. The van der Waals surface area contributed by atoms with Gasteiger partial charge in [0.15, 0.2) is 5.65 Å². The van der Waals surface area contributed by atoms with Crippen LogP contribution in [0.15, 0.2) is 0 Å². The fourth-order valence-corrected chi connectivity index (χ4v) is 2.99. The first-order valence-electron chi connectivity index (χ1n) is 6.89. The zero-order chi connectivity index (χ0) is 14.4. The molecule has 6 nitrogen and oxygen atoms in total. The average molecular weight is 296 g/mol. The van der Waals surface area contributed by atoms with E-state index in [0.29, 0.717) is 13.0 Å². The maximum atomic E-state index is 11.5. The third-order valence-electron chi connectivity index (χ3n) is 3.75. The standard InChI is InChI=1S/C13H18ClN5O/c1-4-18-13-11(8(3)17-18)16-12(7(2)14)19(13)9-5-10(20)15-6-9/h7,9H,4-6H2,1-3H3,(H,15,20). The predicted molar refractivity (Wildman–Crippen MR) is 76.9 cm³/mol. The van der Waals surface area contributed by atoms with Crippen LogP contribution in [-0.2, 0) is 11.3 Å². The molecule has 108 valence electrons. The summed E-state index contributed by atoms with van der Waals surface area (Å²) in [6, 6.07) is 0.0603. The van der Waals surface area contributed by atoms with E-state index < -0.39 is 0 Å². The van der Waals surface area contributed by atoms with Crippen molar-refractivity contribution in [2.45, 2.75) is 45.2 Å².